The van der Waals surface area contributed by atoms with Gasteiger partial charge in [0, 0.05) is 45.1 Å². The molecule has 6 heteroatoms. The average Bonchev–Trinajstić information content (AvgIpc) is 2.39. The zero-order chi connectivity index (χ0) is 13.0. The second-order valence-corrected chi connectivity index (χ2v) is 4.48. The highest BCUT2D eigenvalue weighted by Gasteiger charge is 2.21. The normalized spacial score (nSPS) is 18.4. The summed E-state index contributed by atoms with van der Waals surface area (Å²) in [6, 6.07) is 2.07. The largest absolute Gasteiger partial charge is 0.392 e. The number of hydrogen-bond acceptors (Lipinski definition) is 6. The van der Waals surface area contributed by atoms with Gasteiger partial charge in [0.15, 0.2) is 11.5 Å². The van der Waals surface area contributed by atoms with E-state index in [2.05, 4.69) is 25.8 Å². The quantitative estimate of drug-likeness (QED) is 0.800. The number of aliphatic hydroxyl groups is 1. The molecule has 1 saturated heterocycles. The van der Waals surface area contributed by atoms with Crippen LogP contribution in [0.25, 0.3) is 0 Å². The summed E-state index contributed by atoms with van der Waals surface area (Å²) in [5.74, 6) is 0.664. The van der Waals surface area contributed by atoms with E-state index in [0.717, 1.165) is 26.2 Å². The summed E-state index contributed by atoms with van der Waals surface area (Å²) < 4.78 is 0. The summed E-state index contributed by atoms with van der Waals surface area (Å²) in [5.41, 5.74) is 0.376. The smallest absolute Gasteiger partial charge is 0.183 e. The van der Waals surface area contributed by atoms with E-state index in [1.807, 2.05) is 0 Å². The van der Waals surface area contributed by atoms with Crippen molar-refractivity contribution in [3.8, 4) is 6.07 Å². The summed E-state index contributed by atoms with van der Waals surface area (Å²) >= 11 is 0. The van der Waals surface area contributed by atoms with E-state index in [0.29, 0.717) is 18.1 Å². The highest BCUT2D eigenvalue weighted by Crippen LogP contribution is 2.16. The standard InChI is InChI=1S/C12H17N5O/c1-10(18)9-16-4-6-17(7-5-16)12-11(8-13)14-2-3-15-12/h2-3,10,18H,4-7,9H2,1H3/t10-/m1/s1. The van der Waals surface area contributed by atoms with Crippen molar-refractivity contribution in [2.75, 3.05) is 37.6 Å². The fourth-order valence-electron chi connectivity index (χ4n) is 2.16. The molecule has 0 radical (unpaired) electrons. The number of nitriles is 1. The van der Waals surface area contributed by atoms with Crippen LogP contribution in [0.1, 0.15) is 12.6 Å². The lowest BCUT2D eigenvalue weighted by molar-refractivity contribution is 0.122. The van der Waals surface area contributed by atoms with Gasteiger partial charge in [0.2, 0.25) is 0 Å². The molecular formula is C12H17N5O. The zero-order valence-electron chi connectivity index (χ0n) is 10.5. The molecule has 96 valence electrons. The van der Waals surface area contributed by atoms with Crippen LogP contribution in [0, 0.1) is 11.3 Å². The Morgan fingerprint density at radius 3 is 2.61 bits per heavy atom. The van der Waals surface area contributed by atoms with Gasteiger partial charge in [-0.3, -0.25) is 4.90 Å². The molecule has 6 nitrogen and oxygen atoms in total. The minimum absolute atomic E-state index is 0.303. The summed E-state index contributed by atoms with van der Waals surface area (Å²) in [6.07, 6.45) is 2.84. The van der Waals surface area contributed by atoms with Gasteiger partial charge < -0.3 is 10.0 Å². The second-order valence-electron chi connectivity index (χ2n) is 4.48. The lowest BCUT2D eigenvalue weighted by Crippen LogP contribution is -2.48. The zero-order valence-corrected chi connectivity index (χ0v) is 10.5. The molecule has 0 amide bonds. The Morgan fingerprint density at radius 1 is 1.33 bits per heavy atom. The SMILES string of the molecule is C[C@@H](O)CN1CCN(c2nccnc2C#N)CC1. The van der Waals surface area contributed by atoms with Crippen molar-refractivity contribution in [3.63, 3.8) is 0 Å². The van der Waals surface area contributed by atoms with E-state index in [4.69, 9.17) is 5.26 Å². The van der Waals surface area contributed by atoms with Crippen LogP contribution in [-0.2, 0) is 0 Å². The maximum absolute atomic E-state index is 9.35. The van der Waals surface area contributed by atoms with Crippen molar-refractivity contribution in [2.45, 2.75) is 13.0 Å². The van der Waals surface area contributed by atoms with E-state index < -0.39 is 0 Å². The molecule has 1 aromatic heterocycles. The predicted octanol–water partition coefficient (Wildman–Crippen LogP) is -0.149. The Hall–Kier alpha value is -1.71. The van der Waals surface area contributed by atoms with Gasteiger partial charge in [0.25, 0.3) is 0 Å². The summed E-state index contributed by atoms with van der Waals surface area (Å²) in [4.78, 5) is 12.5. The molecule has 1 aliphatic heterocycles. The Morgan fingerprint density at radius 2 is 2.00 bits per heavy atom. The maximum Gasteiger partial charge on any atom is 0.183 e. The molecule has 2 rings (SSSR count). The molecule has 1 fully saturated rings. The molecule has 1 N–H and O–H groups in total. The number of nitrogens with zero attached hydrogens (tertiary/aromatic N) is 5. The Kier molecular flexibility index (Phi) is 4.07. The lowest BCUT2D eigenvalue weighted by Gasteiger charge is -2.35. The molecule has 1 aliphatic rings. The van der Waals surface area contributed by atoms with Gasteiger partial charge in [-0.15, -0.1) is 0 Å². The van der Waals surface area contributed by atoms with Crippen molar-refractivity contribution in [1.29, 1.82) is 5.26 Å². The number of hydrogen-bond donors (Lipinski definition) is 1. The van der Waals surface area contributed by atoms with Crippen LogP contribution in [0.5, 0.6) is 0 Å². The third-order valence-electron chi connectivity index (χ3n) is 2.98. The highest BCUT2D eigenvalue weighted by molar-refractivity contribution is 5.49. The van der Waals surface area contributed by atoms with Gasteiger partial charge in [-0.25, -0.2) is 9.97 Å². The fraction of sp³-hybridized carbons (Fsp3) is 0.583. The average molecular weight is 247 g/mol. The number of anilines is 1. The van der Waals surface area contributed by atoms with E-state index in [-0.39, 0.29) is 6.10 Å². The van der Waals surface area contributed by atoms with Gasteiger partial charge in [-0.05, 0) is 6.92 Å². The summed E-state index contributed by atoms with van der Waals surface area (Å²) in [6.45, 7) is 5.83. The minimum Gasteiger partial charge on any atom is -0.392 e. The van der Waals surface area contributed by atoms with Crippen LogP contribution < -0.4 is 4.90 Å². The van der Waals surface area contributed by atoms with Gasteiger partial charge >= 0.3 is 0 Å². The molecule has 0 spiro atoms. The number of piperazine rings is 1. The summed E-state index contributed by atoms with van der Waals surface area (Å²) in [5, 5.41) is 18.3. The van der Waals surface area contributed by atoms with E-state index in [9.17, 15) is 5.11 Å². The van der Waals surface area contributed by atoms with Crippen LogP contribution >= 0.6 is 0 Å². The Balaban J connectivity index is 1.99. The van der Waals surface area contributed by atoms with Crippen molar-refractivity contribution in [2.24, 2.45) is 0 Å². The van der Waals surface area contributed by atoms with Gasteiger partial charge in [0.05, 0.1) is 6.10 Å². The Bertz CT molecular complexity index is 434. The molecular weight excluding hydrogens is 230 g/mol. The first kappa shape index (κ1) is 12.7. The van der Waals surface area contributed by atoms with Crippen molar-refractivity contribution in [1.82, 2.24) is 14.9 Å². The van der Waals surface area contributed by atoms with Crippen molar-refractivity contribution < 1.29 is 5.11 Å². The minimum atomic E-state index is -0.303. The molecule has 0 aromatic carbocycles. The number of aliphatic hydroxyl groups excluding tert-OH is 1. The third-order valence-corrected chi connectivity index (χ3v) is 2.98. The van der Waals surface area contributed by atoms with Gasteiger partial charge in [-0.1, -0.05) is 0 Å². The molecule has 1 aromatic rings. The van der Waals surface area contributed by atoms with E-state index in [1.54, 1.807) is 13.1 Å². The van der Waals surface area contributed by atoms with Crippen LogP contribution in [0.2, 0.25) is 0 Å². The molecule has 0 unspecified atom stereocenters. The number of aromatic nitrogens is 2. The molecule has 2 heterocycles. The van der Waals surface area contributed by atoms with E-state index >= 15 is 0 Å². The van der Waals surface area contributed by atoms with E-state index in [1.165, 1.54) is 6.20 Å². The van der Waals surface area contributed by atoms with Crippen LogP contribution in [-0.4, -0.2) is 58.8 Å². The first-order valence-corrected chi connectivity index (χ1v) is 6.07. The molecule has 18 heavy (non-hydrogen) atoms. The van der Waals surface area contributed by atoms with Gasteiger partial charge in [-0.2, -0.15) is 5.26 Å². The highest BCUT2D eigenvalue weighted by atomic mass is 16.3. The molecule has 0 bridgehead atoms. The molecule has 1 atom stereocenters. The predicted molar refractivity (Wildman–Crippen MR) is 67.1 cm³/mol. The maximum atomic E-state index is 9.35. The van der Waals surface area contributed by atoms with Crippen LogP contribution in [0.3, 0.4) is 0 Å². The Labute approximate surface area is 106 Å². The number of rotatable bonds is 3. The van der Waals surface area contributed by atoms with Crippen molar-refractivity contribution >= 4 is 5.82 Å². The topological polar surface area (TPSA) is 76.3 Å². The monoisotopic (exact) mass is 247 g/mol. The first-order chi connectivity index (χ1) is 8.70. The second kappa shape index (κ2) is 5.76. The number of β-amino-alcohol motifs (C(OH)–C–C–N with tert-alkyl or cyclic N) is 1. The summed E-state index contributed by atoms with van der Waals surface area (Å²) in [7, 11) is 0. The molecule has 0 aliphatic carbocycles. The third kappa shape index (κ3) is 2.94. The van der Waals surface area contributed by atoms with Crippen molar-refractivity contribution in [3.05, 3.63) is 18.1 Å². The first-order valence-electron chi connectivity index (χ1n) is 6.07. The fourth-order valence-corrected chi connectivity index (χ4v) is 2.16. The van der Waals surface area contributed by atoms with Gasteiger partial charge in [0.1, 0.15) is 6.07 Å². The van der Waals surface area contributed by atoms with Crippen LogP contribution in [0.4, 0.5) is 5.82 Å². The molecule has 0 saturated carbocycles. The lowest BCUT2D eigenvalue weighted by atomic mass is 10.2. The van der Waals surface area contributed by atoms with Crippen LogP contribution in [0.15, 0.2) is 12.4 Å².